The molecule has 0 bridgehead atoms. The lowest BCUT2D eigenvalue weighted by molar-refractivity contribution is -0.117. The predicted molar refractivity (Wildman–Crippen MR) is 64.3 cm³/mol. The smallest absolute Gasteiger partial charge is 0.161 e. The number of carbonyl (C=O) groups is 1. The summed E-state index contributed by atoms with van der Waals surface area (Å²) >= 11 is 0. The Balaban J connectivity index is 1.93. The molecule has 1 aromatic carbocycles. The van der Waals surface area contributed by atoms with Gasteiger partial charge in [-0.25, -0.2) is 0 Å². The molecule has 0 aromatic heterocycles. The van der Waals surface area contributed by atoms with Crippen LogP contribution >= 0.6 is 0 Å². The molecule has 1 heteroatoms. The first-order chi connectivity index (χ1) is 7.70. The molecule has 0 aliphatic heterocycles. The second kappa shape index (κ2) is 3.31. The van der Waals surface area contributed by atoms with Crippen molar-refractivity contribution < 1.29 is 4.79 Å². The van der Waals surface area contributed by atoms with Gasteiger partial charge in [-0.15, -0.1) is 0 Å². The Kier molecular flexibility index (Phi) is 2.03. The fourth-order valence-electron chi connectivity index (χ4n) is 3.21. The van der Waals surface area contributed by atoms with Gasteiger partial charge in [-0.3, -0.25) is 4.79 Å². The van der Waals surface area contributed by atoms with Crippen molar-refractivity contribution in [2.45, 2.75) is 25.7 Å². The van der Waals surface area contributed by atoms with E-state index in [2.05, 4.69) is 30.8 Å². The molecule has 3 unspecified atom stereocenters. The largest absolute Gasteiger partial charge is 0.294 e. The van der Waals surface area contributed by atoms with E-state index in [1.807, 2.05) is 6.92 Å². The predicted octanol–water partition coefficient (Wildman–Crippen LogP) is 3.11. The summed E-state index contributed by atoms with van der Waals surface area (Å²) in [5.41, 5.74) is 3.58. The fraction of sp³-hybridized carbons (Fsp3) is 0.400. The minimum atomic E-state index is 0.237. The summed E-state index contributed by atoms with van der Waals surface area (Å²) in [6.07, 6.45) is 2.31. The van der Waals surface area contributed by atoms with Crippen molar-refractivity contribution >= 4 is 5.78 Å². The maximum atomic E-state index is 12.0. The molecular formula is C15H16O. The Bertz CT molecular complexity index is 472. The highest BCUT2D eigenvalue weighted by molar-refractivity contribution is 5.99. The molecule has 1 saturated carbocycles. The zero-order valence-corrected chi connectivity index (χ0v) is 9.57. The van der Waals surface area contributed by atoms with Gasteiger partial charge in [0.05, 0.1) is 0 Å². The quantitative estimate of drug-likeness (QED) is 0.688. The van der Waals surface area contributed by atoms with Crippen LogP contribution in [0.25, 0.3) is 0 Å². The third kappa shape index (κ3) is 1.27. The number of ketones is 1. The summed E-state index contributed by atoms with van der Waals surface area (Å²) in [5, 5.41) is 0. The second-order valence-electron chi connectivity index (χ2n) is 5.10. The van der Waals surface area contributed by atoms with Crippen LogP contribution in [0.2, 0.25) is 0 Å². The van der Waals surface area contributed by atoms with Gasteiger partial charge in [0.25, 0.3) is 0 Å². The van der Waals surface area contributed by atoms with Crippen molar-refractivity contribution in [2.24, 2.45) is 11.8 Å². The standard InChI is InChI=1S/C15H16O/c1-9(2)15(16)14-12-8-7-10-5-3-4-6-11(10)13(12)14/h3-6,12-14H,1,7-8H2,2H3. The molecule has 1 fully saturated rings. The first-order valence-corrected chi connectivity index (χ1v) is 5.97. The highest BCUT2D eigenvalue weighted by Gasteiger charge is 2.56. The van der Waals surface area contributed by atoms with Crippen LogP contribution in [0.15, 0.2) is 36.4 Å². The Morgan fingerprint density at radius 1 is 1.38 bits per heavy atom. The number of carbonyl (C=O) groups excluding carboxylic acids is 1. The van der Waals surface area contributed by atoms with Gasteiger partial charge in [-0.05, 0) is 48.3 Å². The number of Topliss-reactive ketones (excluding diaryl/α,β-unsaturated/α-hetero) is 1. The van der Waals surface area contributed by atoms with E-state index in [0.29, 0.717) is 11.8 Å². The Labute approximate surface area is 96.2 Å². The normalized spacial score (nSPS) is 30.2. The van der Waals surface area contributed by atoms with Gasteiger partial charge >= 0.3 is 0 Å². The molecule has 0 amide bonds. The molecule has 2 aliphatic carbocycles. The van der Waals surface area contributed by atoms with E-state index in [-0.39, 0.29) is 11.7 Å². The van der Waals surface area contributed by atoms with E-state index in [1.54, 1.807) is 0 Å². The van der Waals surface area contributed by atoms with E-state index >= 15 is 0 Å². The molecule has 82 valence electrons. The molecule has 1 nitrogen and oxygen atoms in total. The summed E-state index contributed by atoms with van der Waals surface area (Å²) < 4.78 is 0. The zero-order chi connectivity index (χ0) is 11.3. The molecule has 0 N–H and O–H groups in total. The monoisotopic (exact) mass is 212 g/mol. The van der Waals surface area contributed by atoms with E-state index in [9.17, 15) is 4.79 Å². The average Bonchev–Trinajstić information content (AvgIpc) is 3.02. The summed E-state index contributed by atoms with van der Waals surface area (Å²) in [5.74, 6) is 1.61. The van der Waals surface area contributed by atoms with Gasteiger partial charge < -0.3 is 0 Å². The maximum Gasteiger partial charge on any atom is 0.161 e. The van der Waals surface area contributed by atoms with Crippen molar-refractivity contribution in [2.75, 3.05) is 0 Å². The maximum absolute atomic E-state index is 12.0. The molecule has 3 atom stereocenters. The Hall–Kier alpha value is -1.37. The van der Waals surface area contributed by atoms with Crippen molar-refractivity contribution in [3.05, 3.63) is 47.5 Å². The minimum absolute atomic E-state index is 0.237. The third-order valence-electron chi connectivity index (χ3n) is 4.05. The van der Waals surface area contributed by atoms with E-state index < -0.39 is 0 Å². The van der Waals surface area contributed by atoms with Crippen LogP contribution in [-0.2, 0) is 11.2 Å². The lowest BCUT2D eigenvalue weighted by Gasteiger charge is -2.13. The summed E-state index contributed by atoms with van der Waals surface area (Å²) in [4.78, 5) is 12.0. The lowest BCUT2D eigenvalue weighted by atomic mass is 9.92. The highest BCUT2D eigenvalue weighted by atomic mass is 16.1. The molecule has 0 radical (unpaired) electrons. The topological polar surface area (TPSA) is 17.1 Å². The zero-order valence-electron chi connectivity index (χ0n) is 9.57. The van der Waals surface area contributed by atoms with Crippen molar-refractivity contribution in [3.8, 4) is 0 Å². The first-order valence-electron chi connectivity index (χ1n) is 5.97. The van der Waals surface area contributed by atoms with Crippen LogP contribution in [0.1, 0.15) is 30.4 Å². The Morgan fingerprint density at radius 2 is 2.12 bits per heavy atom. The molecule has 0 spiro atoms. The molecular weight excluding hydrogens is 196 g/mol. The first kappa shape index (κ1) is 9.83. The van der Waals surface area contributed by atoms with Crippen LogP contribution in [0, 0.1) is 11.8 Å². The van der Waals surface area contributed by atoms with Crippen molar-refractivity contribution in [3.63, 3.8) is 0 Å². The average molecular weight is 212 g/mol. The summed E-state index contributed by atoms with van der Waals surface area (Å²) in [6.45, 7) is 5.61. The molecule has 0 heterocycles. The number of aryl methyl sites for hydroxylation is 1. The van der Waals surface area contributed by atoms with E-state index in [4.69, 9.17) is 0 Å². The number of rotatable bonds is 2. The number of hydrogen-bond acceptors (Lipinski definition) is 1. The fourth-order valence-corrected chi connectivity index (χ4v) is 3.21. The van der Waals surface area contributed by atoms with Gasteiger partial charge in [0.1, 0.15) is 0 Å². The summed E-state index contributed by atoms with van der Waals surface area (Å²) in [7, 11) is 0. The molecule has 3 rings (SSSR count). The van der Waals surface area contributed by atoms with Crippen LogP contribution in [-0.4, -0.2) is 5.78 Å². The van der Waals surface area contributed by atoms with Crippen molar-refractivity contribution in [1.82, 2.24) is 0 Å². The van der Waals surface area contributed by atoms with Crippen LogP contribution < -0.4 is 0 Å². The summed E-state index contributed by atoms with van der Waals surface area (Å²) in [6, 6.07) is 8.57. The minimum Gasteiger partial charge on any atom is -0.294 e. The molecule has 16 heavy (non-hydrogen) atoms. The van der Waals surface area contributed by atoms with Crippen LogP contribution in [0.5, 0.6) is 0 Å². The van der Waals surface area contributed by atoms with Gasteiger partial charge in [0.2, 0.25) is 0 Å². The number of allylic oxidation sites excluding steroid dienone is 1. The van der Waals surface area contributed by atoms with Gasteiger partial charge in [0, 0.05) is 5.92 Å². The number of fused-ring (bicyclic) bond motifs is 3. The second-order valence-corrected chi connectivity index (χ2v) is 5.10. The SMILES string of the molecule is C=C(C)C(=O)C1C2CCc3ccccc3C21. The number of hydrogen-bond donors (Lipinski definition) is 0. The van der Waals surface area contributed by atoms with Gasteiger partial charge in [-0.2, -0.15) is 0 Å². The van der Waals surface area contributed by atoms with E-state index in [0.717, 1.165) is 12.0 Å². The van der Waals surface area contributed by atoms with E-state index in [1.165, 1.54) is 17.5 Å². The Morgan fingerprint density at radius 3 is 2.88 bits per heavy atom. The van der Waals surface area contributed by atoms with Crippen LogP contribution in [0.4, 0.5) is 0 Å². The molecule has 2 aliphatic rings. The molecule has 0 saturated heterocycles. The lowest BCUT2D eigenvalue weighted by Crippen LogP contribution is -2.03. The number of benzene rings is 1. The van der Waals surface area contributed by atoms with Crippen molar-refractivity contribution in [1.29, 1.82) is 0 Å². The van der Waals surface area contributed by atoms with Gasteiger partial charge in [0.15, 0.2) is 5.78 Å². The molecule has 1 aromatic rings. The highest BCUT2D eigenvalue weighted by Crippen LogP contribution is 2.60. The third-order valence-corrected chi connectivity index (χ3v) is 4.05. The van der Waals surface area contributed by atoms with Gasteiger partial charge in [-0.1, -0.05) is 30.8 Å². The van der Waals surface area contributed by atoms with Crippen LogP contribution in [0.3, 0.4) is 0 Å².